The van der Waals surface area contributed by atoms with Crippen molar-refractivity contribution in [1.29, 1.82) is 0 Å². The van der Waals surface area contributed by atoms with Gasteiger partial charge in [-0.3, -0.25) is 14.9 Å². The summed E-state index contributed by atoms with van der Waals surface area (Å²) >= 11 is 5.80. The van der Waals surface area contributed by atoms with Gasteiger partial charge in [0.05, 0.1) is 0 Å². The molecule has 0 unspecified atom stereocenters. The Balaban J connectivity index is 2.64. The van der Waals surface area contributed by atoms with Gasteiger partial charge in [-0.15, -0.1) is 0 Å². The van der Waals surface area contributed by atoms with E-state index in [2.05, 4.69) is 16.0 Å². The minimum Gasteiger partial charge on any atom is -0.454 e. The van der Waals surface area contributed by atoms with Crippen molar-refractivity contribution in [2.75, 3.05) is 6.61 Å². The van der Waals surface area contributed by atoms with Crippen LogP contribution in [-0.4, -0.2) is 42.5 Å². The maximum absolute atomic E-state index is 12.3. The number of carbonyl (C=O) groups excluding carboxylic acids is 4. The van der Waals surface area contributed by atoms with Crippen LogP contribution in [-0.2, 0) is 14.3 Å². The van der Waals surface area contributed by atoms with Crippen molar-refractivity contribution in [3.63, 3.8) is 0 Å². The molecule has 0 saturated heterocycles. The fourth-order valence-electron chi connectivity index (χ4n) is 2.23. The van der Waals surface area contributed by atoms with E-state index in [1.54, 1.807) is 26.0 Å². The summed E-state index contributed by atoms with van der Waals surface area (Å²) < 4.78 is 4.96. The molecular formula is C19H26ClN3O5. The highest BCUT2D eigenvalue weighted by Crippen LogP contribution is 2.11. The molecule has 1 atom stereocenters. The van der Waals surface area contributed by atoms with Gasteiger partial charge >= 0.3 is 12.0 Å². The summed E-state index contributed by atoms with van der Waals surface area (Å²) in [6, 6.07) is 4.46. The third kappa shape index (κ3) is 8.85. The van der Waals surface area contributed by atoms with Crippen molar-refractivity contribution < 1.29 is 23.9 Å². The van der Waals surface area contributed by atoms with Crippen LogP contribution in [0.4, 0.5) is 4.79 Å². The summed E-state index contributed by atoms with van der Waals surface area (Å²) in [6.45, 7) is 6.62. The zero-order valence-corrected chi connectivity index (χ0v) is 17.1. The second kappa shape index (κ2) is 11.3. The summed E-state index contributed by atoms with van der Waals surface area (Å²) in [5.74, 6) is -1.89. The van der Waals surface area contributed by atoms with E-state index in [0.29, 0.717) is 17.0 Å². The second-order valence-electron chi connectivity index (χ2n) is 6.95. The van der Waals surface area contributed by atoms with E-state index in [-0.39, 0.29) is 12.0 Å². The molecule has 0 aliphatic carbocycles. The van der Waals surface area contributed by atoms with Gasteiger partial charge in [0.15, 0.2) is 6.61 Å². The molecule has 0 aliphatic heterocycles. The number of hydrogen-bond acceptors (Lipinski definition) is 5. The minimum atomic E-state index is -0.930. The molecular weight excluding hydrogens is 386 g/mol. The average Bonchev–Trinajstić information content (AvgIpc) is 2.58. The van der Waals surface area contributed by atoms with E-state index in [0.717, 1.165) is 0 Å². The van der Waals surface area contributed by atoms with Gasteiger partial charge in [-0.1, -0.05) is 25.4 Å². The molecule has 4 amide bonds. The summed E-state index contributed by atoms with van der Waals surface area (Å²) in [4.78, 5) is 47.8. The number of esters is 1. The molecule has 1 aromatic rings. The van der Waals surface area contributed by atoms with Crippen LogP contribution in [0.15, 0.2) is 24.3 Å². The van der Waals surface area contributed by atoms with Gasteiger partial charge < -0.3 is 15.4 Å². The number of ether oxygens (including phenoxy) is 1. The van der Waals surface area contributed by atoms with Crippen LogP contribution in [0, 0.1) is 5.92 Å². The van der Waals surface area contributed by atoms with Crippen molar-refractivity contribution in [3.05, 3.63) is 34.9 Å². The van der Waals surface area contributed by atoms with E-state index in [9.17, 15) is 19.2 Å². The predicted molar refractivity (Wildman–Crippen MR) is 105 cm³/mol. The van der Waals surface area contributed by atoms with Gasteiger partial charge in [0.1, 0.15) is 6.04 Å². The number of carbonyl (C=O) groups is 4. The summed E-state index contributed by atoms with van der Waals surface area (Å²) in [5, 5.41) is 7.63. The molecule has 1 aromatic carbocycles. The molecule has 8 nitrogen and oxygen atoms in total. The van der Waals surface area contributed by atoms with E-state index >= 15 is 0 Å². The van der Waals surface area contributed by atoms with Crippen LogP contribution in [0.2, 0.25) is 5.02 Å². The van der Waals surface area contributed by atoms with Crippen molar-refractivity contribution in [2.45, 2.75) is 46.2 Å². The number of amides is 4. The zero-order valence-electron chi connectivity index (χ0n) is 16.4. The SMILES string of the molecule is CC(C)C[C@H](NC(=O)c1ccc(Cl)cc1)C(=O)OCC(=O)NC(=O)NC(C)C. The van der Waals surface area contributed by atoms with Gasteiger partial charge in [-0.05, 0) is 50.5 Å². The minimum absolute atomic E-state index is 0.0914. The zero-order chi connectivity index (χ0) is 21.3. The molecule has 28 heavy (non-hydrogen) atoms. The molecule has 0 bridgehead atoms. The Bertz CT molecular complexity index is 704. The standard InChI is InChI=1S/C19H26ClN3O5/c1-11(2)9-15(22-17(25)13-5-7-14(20)8-6-13)18(26)28-10-16(24)23-19(27)21-12(3)4/h5-8,11-12,15H,9-10H2,1-4H3,(H,22,25)(H2,21,23,24,27)/t15-/m0/s1. The molecule has 0 aromatic heterocycles. The molecule has 1 rings (SSSR count). The number of hydrogen-bond donors (Lipinski definition) is 3. The summed E-state index contributed by atoms with van der Waals surface area (Å²) in [5.41, 5.74) is 0.342. The third-order valence-corrected chi connectivity index (χ3v) is 3.67. The molecule has 0 radical (unpaired) electrons. The number of imide groups is 1. The number of benzene rings is 1. The molecule has 0 saturated carbocycles. The van der Waals surface area contributed by atoms with Crippen LogP contribution in [0.1, 0.15) is 44.5 Å². The number of nitrogens with one attached hydrogen (secondary N) is 3. The predicted octanol–water partition coefficient (Wildman–Crippen LogP) is 2.26. The third-order valence-electron chi connectivity index (χ3n) is 3.42. The highest BCUT2D eigenvalue weighted by molar-refractivity contribution is 6.30. The molecule has 0 fully saturated rings. The first-order valence-corrected chi connectivity index (χ1v) is 9.29. The lowest BCUT2D eigenvalue weighted by Crippen LogP contribution is -2.46. The lowest BCUT2D eigenvalue weighted by Gasteiger charge is -2.19. The normalized spacial score (nSPS) is 11.7. The molecule has 154 valence electrons. The fraction of sp³-hybridized carbons (Fsp3) is 0.474. The summed E-state index contributed by atoms with van der Waals surface area (Å²) in [6.07, 6.45) is 0.327. The van der Waals surface area contributed by atoms with Crippen LogP contribution >= 0.6 is 11.6 Å². The van der Waals surface area contributed by atoms with Gasteiger partial charge in [-0.2, -0.15) is 0 Å². The second-order valence-corrected chi connectivity index (χ2v) is 7.38. The van der Waals surface area contributed by atoms with Gasteiger partial charge in [-0.25, -0.2) is 9.59 Å². The Morgan fingerprint density at radius 3 is 2.14 bits per heavy atom. The Labute approximate surface area is 169 Å². The Hall–Kier alpha value is -2.61. The monoisotopic (exact) mass is 411 g/mol. The van der Waals surface area contributed by atoms with Crippen molar-refractivity contribution in [2.24, 2.45) is 5.92 Å². The smallest absolute Gasteiger partial charge is 0.329 e. The first-order chi connectivity index (χ1) is 13.1. The number of rotatable bonds is 8. The van der Waals surface area contributed by atoms with Crippen LogP contribution < -0.4 is 16.0 Å². The van der Waals surface area contributed by atoms with E-state index in [1.807, 2.05) is 13.8 Å². The maximum Gasteiger partial charge on any atom is 0.329 e. The van der Waals surface area contributed by atoms with Gasteiger partial charge in [0.25, 0.3) is 11.8 Å². The van der Waals surface area contributed by atoms with Crippen LogP contribution in [0.3, 0.4) is 0 Å². The first kappa shape index (κ1) is 23.4. The Morgan fingerprint density at radius 1 is 1.00 bits per heavy atom. The molecule has 0 heterocycles. The van der Waals surface area contributed by atoms with E-state index < -0.39 is 36.5 Å². The van der Waals surface area contributed by atoms with Gasteiger partial charge in [0, 0.05) is 16.6 Å². The highest BCUT2D eigenvalue weighted by atomic mass is 35.5. The first-order valence-electron chi connectivity index (χ1n) is 8.92. The Morgan fingerprint density at radius 2 is 1.61 bits per heavy atom. The lowest BCUT2D eigenvalue weighted by molar-refractivity contribution is -0.150. The number of halogens is 1. The lowest BCUT2D eigenvalue weighted by atomic mass is 10.0. The van der Waals surface area contributed by atoms with Crippen molar-refractivity contribution in [3.8, 4) is 0 Å². The fourth-order valence-corrected chi connectivity index (χ4v) is 2.35. The van der Waals surface area contributed by atoms with Crippen LogP contribution in [0.25, 0.3) is 0 Å². The molecule has 0 aliphatic rings. The van der Waals surface area contributed by atoms with Crippen molar-refractivity contribution in [1.82, 2.24) is 16.0 Å². The topological polar surface area (TPSA) is 114 Å². The summed E-state index contributed by atoms with van der Waals surface area (Å²) in [7, 11) is 0. The average molecular weight is 412 g/mol. The quantitative estimate of drug-likeness (QED) is 0.568. The molecule has 3 N–H and O–H groups in total. The van der Waals surface area contributed by atoms with Crippen molar-refractivity contribution >= 4 is 35.4 Å². The Kier molecular flexibility index (Phi) is 9.44. The molecule has 0 spiro atoms. The van der Waals surface area contributed by atoms with Crippen LogP contribution in [0.5, 0.6) is 0 Å². The van der Waals surface area contributed by atoms with E-state index in [1.165, 1.54) is 12.1 Å². The van der Waals surface area contributed by atoms with E-state index in [4.69, 9.17) is 16.3 Å². The van der Waals surface area contributed by atoms with Gasteiger partial charge in [0.2, 0.25) is 0 Å². The molecule has 9 heteroatoms. The number of urea groups is 1. The largest absolute Gasteiger partial charge is 0.454 e. The maximum atomic E-state index is 12.3. The highest BCUT2D eigenvalue weighted by Gasteiger charge is 2.25.